The van der Waals surface area contributed by atoms with Crippen molar-refractivity contribution in [3.05, 3.63) is 76.1 Å². The zero-order chi connectivity index (χ0) is 16.9. The molecule has 1 heterocycles. The number of aromatic nitrogens is 3. The molecular formula is C17H17N5OS. The van der Waals surface area contributed by atoms with Crippen LogP contribution in [0.1, 0.15) is 11.1 Å². The molecule has 0 saturated heterocycles. The van der Waals surface area contributed by atoms with Crippen molar-refractivity contribution in [2.75, 3.05) is 11.2 Å². The van der Waals surface area contributed by atoms with Gasteiger partial charge in [0.25, 0.3) is 0 Å². The zero-order valence-corrected chi connectivity index (χ0v) is 14.0. The largest absolute Gasteiger partial charge is 0.334 e. The molecule has 0 bridgehead atoms. The summed E-state index contributed by atoms with van der Waals surface area (Å²) >= 11 is 1.37. The monoisotopic (exact) mass is 339 g/mol. The summed E-state index contributed by atoms with van der Waals surface area (Å²) in [6.45, 7) is 1.97. The smallest absolute Gasteiger partial charge is 0.315 e. The second-order valence-corrected chi connectivity index (χ2v) is 6.22. The first kappa shape index (κ1) is 16.1. The summed E-state index contributed by atoms with van der Waals surface area (Å²) in [7, 11) is 0. The maximum atomic E-state index is 12.3. The third-order valence-corrected chi connectivity index (χ3v) is 4.37. The molecule has 3 N–H and O–H groups in total. The Hall–Kier alpha value is -2.80. The molecule has 0 unspecified atom stereocenters. The van der Waals surface area contributed by atoms with Crippen LogP contribution in [0, 0.1) is 6.92 Å². The molecule has 0 saturated carbocycles. The van der Waals surface area contributed by atoms with Gasteiger partial charge >= 0.3 is 5.56 Å². The Labute approximate surface area is 143 Å². The molecule has 3 rings (SSSR count). The van der Waals surface area contributed by atoms with Crippen molar-refractivity contribution in [3.63, 3.8) is 0 Å². The summed E-state index contributed by atoms with van der Waals surface area (Å²) in [5.41, 5.74) is 2.56. The van der Waals surface area contributed by atoms with Crippen molar-refractivity contribution in [2.45, 2.75) is 17.8 Å². The highest BCUT2D eigenvalue weighted by Gasteiger charge is 2.11. The summed E-state index contributed by atoms with van der Waals surface area (Å²) in [5, 5.41) is 11.4. The average molecular weight is 339 g/mol. The molecule has 0 amide bonds. The van der Waals surface area contributed by atoms with E-state index < -0.39 is 5.56 Å². The van der Waals surface area contributed by atoms with E-state index in [2.05, 4.69) is 15.5 Å². The van der Waals surface area contributed by atoms with Crippen molar-refractivity contribution >= 4 is 23.3 Å². The van der Waals surface area contributed by atoms with E-state index in [0.717, 1.165) is 21.5 Å². The van der Waals surface area contributed by atoms with Crippen LogP contribution in [-0.4, -0.2) is 14.9 Å². The first-order valence-corrected chi connectivity index (χ1v) is 8.37. The lowest BCUT2D eigenvalue weighted by Crippen LogP contribution is -2.32. The molecule has 0 aliphatic carbocycles. The first-order valence-electron chi connectivity index (χ1n) is 7.39. The number of hydrogen-bond donors (Lipinski definition) is 2. The molecule has 6 nitrogen and oxygen atoms in total. The molecule has 7 heteroatoms. The van der Waals surface area contributed by atoms with Gasteiger partial charge in [-0.05, 0) is 30.2 Å². The minimum absolute atomic E-state index is 0.104. The van der Waals surface area contributed by atoms with Gasteiger partial charge in [0, 0.05) is 11.4 Å². The lowest BCUT2D eigenvalue weighted by Gasteiger charge is -2.09. The highest BCUT2D eigenvalue weighted by Crippen LogP contribution is 2.19. The van der Waals surface area contributed by atoms with Gasteiger partial charge in [0.2, 0.25) is 11.0 Å². The average Bonchev–Trinajstić information content (AvgIpc) is 2.59. The van der Waals surface area contributed by atoms with Gasteiger partial charge in [-0.25, -0.2) is 0 Å². The van der Waals surface area contributed by atoms with E-state index in [9.17, 15) is 4.79 Å². The number of nitrogens with one attached hydrogen (secondary N) is 1. The lowest BCUT2D eigenvalue weighted by molar-refractivity contribution is 0.705. The second kappa shape index (κ2) is 7.18. The highest BCUT2D eigenvalue weighted by atomic mass is 32.2. The van der Waals surface area contributed by atoms with Gasteiger partial charge in [0.1, 0.15) is 0 Å². The number of nitrogens with zero attached hydrogens (tertiary/aromatic N) is 3. The molecule has 0 radical (unpaired) electrons. The Kier molecular flexibility index (Phi) is 4.81. The van der Waals surface area contributed by atoms with Gasteiger partial charge in [0.15, 0.2) is 0 Å². The minimum Gasteiger partial charge on any atom is -0.334 e. The molecule has 0 aliphatic heterocycles. The molecule has 1 aromatic heterocycles. The third kappa shape index (κ3) is 3.75. The zero-order valence-electron chi connectivity index (χ0n) is 13.1. The number of anilines is 2. The number of nitrogen functional groups attached to an aromatic ring is 1. The standard InChI is InChI=1S/C17H17N5OS/c1-12-6-5-9-14(10-12)19-15-16(23)22(18)17(21-20-15)24-11-13-7-3-2-4-8-13/h2-10H,11,18H2,1H3,(H,19,20). The molecule has 0 spiro atoms. The summed E-state index contributed by atoms with van der Waals surface area (Å²) in [6, 6.07) is 17.5. The summed E-state index contributed by atoms with van der Waals surface area (Å²) in [5.74, 6) is 6.64. The van der Waals surface area contributed by atoms with Crippen molar-refractivity contribution in [1.29, 1.82) is 0 Å². The fraction of sp³-hybridized carbons (Fsp3) is 0.118. The van der Waals surface area contributed by atoms with Gasteiger partial charge in [0.05, 0.1) is 0 Å². The van der Waals surface area contributed by atoms with Gasteiger partial charge < -0.3 is 11.2 Å². The van der Waals surface area contributed by atoms with Crippen molar-refractivity contribution in [3.8, 4) is 0 Å². The fourth-order valence-corrected chi connectivity index (χ4v) is 2.95. The maximum Gasteiger partial charge on any atom is 0.315 e. The number of benzene rings is 2. The molecule has 2 aromatic carbocycles. The Bertz CT molecular complexity index is 895. The number of rotatable bonds is 5. The van der Waals surface area contributed by atoms with Crippen molar-refractivity contribution < 1.29 is 0 Å². The summed E-state index contributed by atoms with van der Waals surface area (Å²) < 4.78 is 1.03. The normalized spacial score (nSPS) is 10.5. The molecule has 0 atom stereocenters. The van der Waals surface area contributed by atoms with Crippen LogP contribution in [0.5, 0.6) is 0 Å². The van der Waals surface area contributed by atoms with Crippen LogP contribution in [-0.2, 0) is 5.75 Å². The SMILES string of the molecule is Cc1cccc(Nc2nnc(SCc3ccccc3)n(N)c2=O)c1. The van der Waals surface area contributed by atoms with E-state index in [1.165, 1.54) is 11.8 Å². The van der Waals surface area contributed by atoms with Crippen molar-refractivity contribution in [2.24, 2.45) is 0 Å². The second-order valence-electron chi connectivity index (χ2n) is 5.28. The number of nitrogens with two attached hydrogens (primary N) is 1. The number of aryl methyl sites for hydroxylation is 1. The van der Waals surface area contributed by atoms with E-state index >= 15 is 0 Å². The molecule has 24 heavy (non-hydrogen) atoms. The van der Waals surface area contributed by atoms with E-state index in [4.69, 9.17) is 5.84 Å². The molecule has 122 valence electrons. The van der Waals surface area contributed by atoms with Crippen LogP contribution in [0.25, 0.3) is 0 Å². The topological polar surface area (TPSA) is 85.8 Å². The molecule has 0 fully saturated rings. The predicted molar refractivity (Wildman–Crippen MR) is 96.9 cm³/mol. The Morgan fingerprint density at radius 2 is 1.92 bits per heavy atom. The molecule has 0 aliphatic rings. The fourth-order valence-electron chi connectivity index (χ4n) is 2.14. The van der Waals surface area contributed by atoms with Crippen LogP contribution in [0.2, 0.25) is 0 Å². The van der Waals surface area contributed by atoms with Crippen LogP contribution in [0.3, 0.4) is 0 Å². The van der Waals surface area contributed by atoms with Gasteiger partial charge in [-0.15, -0.1) is 10.2 Å². The van der Waals surface area contributed by atoms with Crippen LogP contribution in [0.4, 0.5) is 11.5 Å². The van der Waals surface area contributed by atoms with Crippen LogP contribution >= 0.6 is 11.8 Å². The molecule has 3 aromatic rings. The maximum absolute atomic E-state index is 12.3. The van der Waals surface area contributed by atoms with Crippen molar-refractivity contribution in [1.82, 2.24) is 14.9 Å². The Morgan fingerprint density at radius 3 is 2.67 bits per heavy atom. The van der Waals surface area contributed by atoms with Gasteiger partial charge in [-0.2, -0.15) is 4.68 Å². The third-order valence-electron chi connectivity index (χ3n) is 3.35. The van der Waals surface area contributed by atoms with E-state index in [-0.39, 0.29) is 5.82 Å². The number of thioether (sulfide) groups is 1. The van der Waals surface area contributed by atoms with Crippen LogP contribution in [0.15, 0.2) is 64.5 Å². The lowest BCUT2D eigenvalue weighted by atomic mass is 10.2. The Balaban J connectivity index is 1.77. The summed E-state index contributed by atoms with van der Waals surface area (Å²) in [4.78, 5) is 12.3. The summed E-state index contributed by atoms with van der Waals surface area (Å²) in [6.07, 6.45) is 0. The molecular weight excluding hydrogens is 322 g/mol. The highest BCUT2D eigenvalue weighted by molar-refractivity contribution is 7.98. The van der Waals surface area contributed by atoms with E-state index in [1.54, 1.807) is 0 Å². The predicted octanol–water partition coefficient (Wildman–Crippen LogP) is 2.70. The van der Waals surface area contributed by atoms with Gasteiger partial charge in [-0.1, -0.05) is 54.2 Å². The number of hydrogen-bond acceptors (Lipinski definition) is 6. The van der Waals surface area contributed by atoms with E-state index in [0.29, 0.717) is 10.9 Å². The van der Waals surface area contributed by atoms with Crippen LogP contribution < -0.4 is 16.7 Å². The van der Waals surface area contributed by atoms with Gasteiger partial charge in [-0.3, -0.25) is 4.79 Å². The first-order chi connectivity index (χ1) is 11.6. The Morgan fingerprint density at radius 1 is 1.12 bits per heavy atom. The van der Waals surface area contributed by atoms with E-state index in [1.807, 2.05) is 61.5 Å². The minimum atomic E-state index is -0.415. The quantitative estimate of drug-likeness (QED) is 0.549.